The molecule has 1 heterocycles. The molecule has 154 valence electrons. The summed E-state index contributed by atoms with van der Waals surface area (Å²) in [6.45, 7) is 9.55. The number of benzene rings is 1. The van der Waals surface area contributed by atoms with Crippen LogP contribution in [0.4, 0.5) is 4.79 Å². The van der Waals surface area contributed by atoms with Crippen LogP contribution >= 0.6 is 35.0 Å². The minimum atomic E-state index is -0.581. The van der Waals surface area contributed by atoms with Crippen LogP contribution in [0.5, 0.6) is 0 Å². The molecule has 1 atom stereocenters. The number of nitrogens with one attached hydrogen (secondary N) is 1. The number of amides is 1. The highest BCUT2D eigenvalue weighted by Crippen LogP contribution is 2.29. The molecule has 0 saturated heterocycles. The maximum absolute atomic E-state index is 12.1. The smallest absolute Gasteiger partial charge is 0.408 e. The van der Waals surface area contributed by atoms with Gasteiger partial charge in [-0.3, -0.25) is 0 Å². The van der Waals surface area contributed by atoms with Crippen molar-refractivity contribution in [3.05, 3.63) is 39.7 Å². The highest BCUT2D eigenvalue weighted by atomic mass is 35.5. The average Bonchev–Trinajstić information content (AvgIpc) is 3.02. The molecule has 2 rings (SSSR count). The standard InChI is InChI=1S/C19H25Cl2N3O3S/c1-11(2)8-15(22-17(25)27-19(3,4)5)16-23-24-18(26-16)28-10-12-6-7-13(20)14(21)9-12/h6-7,9,11,15H,8,10H2,1-5H3,(H,22,25). The van der Waals surface area contributed by atoms with Crippen molar-refractivity contribution in [3.63, 3.8) is 0 Å². The van der Waals surface area contributed by atoms with E-state index in [1.807, 2.05) is 26.8 Å². The van der Waals surface area contributed by atoms with Crippen LogP contribution in [-0.2, 0) is 10.5 Å². The first-order valence-corrected chi connectivity index (χ1v) is 10.7. The molecule has 1 amide bonds. The number of halogens is 2. The van der Waals surface area contributed by atoms with Gasteiger partial charge < -0.3 is 14.5 Å². The Morgan fingerprint density at radius 2 is 1.96 bits per heavy atom. The Balaban J connectivity index is 2.03. The third-order valence-electron chi connectivity index (χ3n) is 3.46. The van der Waals surface area contributed by atoms with E-state index in [0.717, 1.165) is 5.56 Å². The normalized spacial score (nSPS) is 12.9. The molecular formula is C19H25Cl2N3O3S. The molecule has 1 N–H and O–H groups in total. The maximum atomic E-state index is 12.1. The van der Waals surface area contributed by atoms with Gasteiger partial charge in [-0.25, -0.2) is 4.79 Å². The van der Waals surface area contributed by atoms with E-state index < -0.39 is 17.7 Å². The Kier molecular flexibility index (Phi) is 8.04. The third kappa shape index (κ3) is 7.53. The largest absolute Gasteiger partial charge is 0.444 e. The highest BCUT2D eigenvalue weighted by molar-refractivity contribution is 7.98. The molecule has 6 nitrogen and oxygen atoms in total. The van der Waals surface area contributed by atoms with Crippen molar-refractivity contribution >= 4 is 41.1 Å². The lowest BCUT2D eigenvalue weighted by Crippen LogP contribution is -2.35. The first kappa shape index (κ1) is 22.8. The minimum absolute atomic E-state index is 0.319. The topological polar surface area (TPSA) is 77.2 Å². The van der Waals surface area contributed by atoms with E-state index in [4.69, 9.17) is 32.4 Å². The lowest BCUT2D eigenvalue weighted by molar-refractivity contribution is 0.0487. The van der Waals surface area contributed by atoms with Crippen LogP contribution in [0.1, 0.15) is 58.5 Å². The number of carbonyl (C=O) groups excluding carboxylic acids is 1. The van der Waals surface area contributed by atoms with Crippen LogP contribution in [0.15, 0.2) is 27.8 Å². The fraction of sp³-hybridized carbons (Fsp3) is 0.526. The summed E-state index contributed by atoms with van der Waals surface area (Å²) in [5, 5.41) is 12.4. The fourth-order valence-electron chi connectivity index (χ4n) is 2.34. The number of hydrogen-bond acceptors (Lipinski definition) is 6. The van der Waals surface area contributed by atoms with Crippen molar-refractivity contribution in [2.24, 2.45) is 5.92 Å². The van der Waals surface area contributed by atoms with E-state index in [1.165, 1.54) is 11.8 Å². The van der Waals surface area contributed by atoms with Crippen molar-refractivity contribution in [1.29, 1.82) is 0 Å². The van der Waals surface area contributed by atoms with Gasteiger partial charge in [-0.1, -0.05) is 54.9 Å². The molecule has 28 heavy (non-hydrogen) atoms. The molecule has 1 aromatic heterocycles. The van der Waals surface area contributed by atoms with E-state index in [1.54, 1.807) is 12.1 Å². The summed E-state index contributed by atoms with van der Waals surface area (Å²) in [5.41, 5.74) is 0.409. The van der Waals surface area contributed by atoms with Gasteiger partial charge in [0, 0.05) is 5.75 Å². The van der Waals surface area contributed by atoms with Crippen LogP contribution in [-0.4, -0.2) is 21.9 Å². The Hall–Kier alpha value is -1.44. The van der Waals surface area contributed by atoms with Gasteiger partial charge in [0.25, 0.3) is 5.22 Å². The summed E-state index contributed by atoms with van der Waals surface area (Å²) in [5.74, 6) is 1.28. The number of nitrogens with zero attached hydrogens (tertiary/aromatic N) is 2. The molecule has 9 heteroatoms. The molecule has 1 aromatic carbocycles. The fourth-order valence-corrected chi connectivity index (χ4v) is 3.37. The van der Waals surface area contributed by atoms with Crippen molar-refractivity contribution in [3.8, 4) is 0 Å². The first-order valence-electron chi connectivity index (χ1n) is 8.93. The summed E-state index contributed by atoms with van der Waals surface area (Å²) in [4.78, 5) is 12.1. The van der Waals surface area contributed by atoms with Gasteiger partial charge in [0.15, 0.2) is 0 Å². The van der Waals surface area contributed by atoms with Gasteiger partial charge in [0.1, 0.15) is 11.6 Å². The van der Waals surface area contributed by atoms with Gasteiger partial charge in [-0.2, -0.15) is 0 Å². The summed E-state index contributed by atoms with van der Waals surface area (Å²) in [7, 11) is 0. The van der Waals surface area contributed by atoms with Crippen molar-refractivity contribution in [2.75, 3.05) is 0 Å². The Morgan fingerprint density at radius 1 is 1.25 bits per heavy atom. The van der Waals surface area contributed by atoms with Crippen LogP contribution in [0.25, 0.3) is 0 Å². The Bertz CT molecular complexity index is 806. The molecule has 0 bridgehead atoms. The number of ether oxygens (including phenoxy) is 1. The zero-order valence-electron chi connectivity index (χ0n) is 16.6. The molecule has 0 aliphatic heterocycles. The summed E-state index contributed by atoms with van der Waals surface area (Å²) in [6, 6.07) is 5.04. The van der Waals surface area contributed by atoms with E-state index in [9.17, 15) is 4.79 Å². The van der Waals surface area contributed by atoms with Gasteiger partial charge in [0.2, 0.25) is 5.89 Å². The highest BCUT2D eigenvalue weighted by Gasteiger charge is 2.25. The number of carbonyl (C=O) groups is 1. The van der Waals surface area contributed by atoms with Gasteiger partial charge in [-0.15, -0.1) is 10.2 Å². The number of aromatic nitrogens is 2. The average molecular weight is 446 g/mol. The third-order valence-corrected chi connectivity index (χ3v) is 5.09. The molecule has 2 aromatic rings. The van der Waals surface area contributed by atoms with E-state index in [0.29, 0.717) is 39.3 Å². The number of alkyl carbamates (subject to hydrolysis) is 1. The van der Waals surface area contributed by atoms with E-state index in [2.05, 4.69) is 29.4 Å². The molecule has 0 radical (unpaired) electrons. The van der Waals surface area contributed by atoms with Gasteiger partial charge >= 0.3 is 6.09 Å². The predicted octanol–water partition coefficient (Wildman–Crippen LogP) is 6.28. The van der Waals surface area contributed by atoms with Crippen LogP contribution < -0.4 is 5.32 Å². The summed E-state index contributed by atoms with van der Waals surface area (Å²) in [6.07, 6.45) is 0.138. The first-order chi connectivity index (χ1) is 13.0. The SMILES string of the molecule is CC(C)CC(NC(=O)OC(C)(C)C)c1nnc(SCc2ccc(Cl)c(Cl)c2)o1. The van der Waals surface area contributed by atoms with Crippen LogP contribution in [0.2, 0.25) is 10.0 Å². The number of hydrogen-bond donors (Lipinski definition) is 1. The molecule has 0 spiro atoms. The lowest BCUT2D eigenvalue weighted by Gasteiger charge is -2.22. The Morgan fingerprint density at radius 3 is 2.57 bits per heavy atom. The number of rotatable bonds is 7. The Labute approximate surface area is 179 Å². The minimum Gasteiger partial charge on any atom is -0.444 e. The second-order valence-electron chi connectivity index (χ2n) is 7.77. The van der Waals surface area contributed by atoms with Crippen molar-refractivity contribution in [2.45, 2.75) is 63.7 Å². The monoisotopic (exact) mass is 445 g/mol. The van der Waals surface area contributed by atoms with Crippen molar-refractivity contribution in [1.82, 2.24) is 15.5 Å². The van der Waals surface area contributed by atoms with E-state index in [-0.39, 0.29) is 0 Å². The van der Waals surface area contributed by atoms with Gasteiger partial charge in [-0.05, 0) is 50.8 Å². The molecule has 0 aliphatic carbocycles. The van der Waals surface area contributed by atoms with Gasteiger partial charge in [0.05, 0.1) is 10.0 Å². The molecular weight excluding hydrogens is 421 g/mol. The predicted molar refractivity (Wildman–Crippen MR) is 112 cm³/mol. The molecule has 0 saturated carbocycles. The van der Waals surface area contributed by atoms with Crippen LogP contribution in [0, 0.1) is 5.92 Å². The maximum Gasteiger partial charge on any atom is 0.408 e. The second kappa shape index (κ2) is 9.85. The van der Waals surface area contributed by atoms with Crippen molar-refractivity contribution < 1.29 is 13.9 Å². The van der Waals surface area contributed by atoms with E-state index >= 15 is 0 Å². The second-order valence-corrected chi connectivity index (χ2v) is 9.51. The summed E-state index contributed by atoms with van der Waals surface area (Å²) < 4.78 is 11.1. The quantitative estimate of drug-likeness (QED) is 0.505. The molecule has 0 fully saturated rings. The zero-order chi connectivity index (χ0) is 20.9. The van der Waals surface area contributed by atoms with Crippen LogP contribution in [0.3, 0.4) is 0 Å². The molecule has 0 aliphatic rings. The number of thioether (sulfide) groups is 1. The zero-order valence-corrected chi connectivity index (χ0v) is 18.9. The summed E-state index contributed by atoms with van der Waals surface area (Å²) >= 11 is 13.4. The lowest BCUT2D eigenvalue weighted by atomic mass is 10.0. The molecule has 1 unspecified atom stereocenters.